The maximum Gasteiger partial charge on any atom is 0.295 e. The third kappa shape index (κ3) is 4.42. The molecule has 1 aliphatic rings. The highest BCUT2D eigenvalue weighted by molar-refractivity contribution is 8.23. The van der Waals surface area contributed by atoms with Crippen LogP contribution in [0.1, 0.15) is 5.69 Å². The summed E-state index contributed by atoms with van der Waals surface area (Å²) in [6.45, 7) is 4.59. The van der Waals surface area contributed by atoms with Gasteiger partial charge in [-0.25, -0.2) is 4.68 Å². The number of benzene rings is 1. The van der Waals surface area contributed by atoms with E-state index in [2.05, 4.69) is 5.32 Å². The van der Waals surface area contributed by atoms with Gasteiger partial charge in [0.15, 0.2) is 0 Å². The van der Waals surface area contributed by atoms with Crippen molar-refractivity contribution in [2.75, 3.05) is 37.4 Å². The van der Waals surface area contributed by atoms with Gasteiger partial charge in [0, 0.05) is 20.1 Å². The molecule has 1 aromatic heterocycles. The lowest BCUT2D eigenvalue weighted by atomic mass is 10.3. The van der Waals surface area contributed by atoms with Crippen LogP contribution in [0.4, 0.5) is 5.69 Å². The molecule has 3 rings (SSSR count). The molecule has 1 saturated heterocycles. The van der Waals surface area contributed by atoms with Crippen LogP contribution < -0.4 is 10.9 Å². The summed E-state index contributed by atoms with van der Waals surface area (Å²) in [5.74, 6) is -0.0865. The van der Waals surface area contributed by atoms with Crippen molar-refractivity contribution in [1.82, 2.24) is 14.3 Å². The van der Waals surface area contributed by atoms with Crippen molar-refractivity contribution in [2.24, 2.45) is 7.05 Å². The second-order valence-electron chi connectivity index (χ2n) is 6.14. The van der Waals surface area contributed by atoms with Crippen molar-refractivity contribution in [3.63, 3.8) is 0 Å². The van der Waals surface area contributed by atoms with Gasteiger partial charge in [-0.2, -0.15) is 0 Å². The summed E-state index contributed by atoms with van der Waals surface area (Å²) in [7, 11) is 1.79. The molecule has 1 N–H and O–H groups in total. The molecule has 1 fully saturated rings. The quantitative estimate of drug-likeness (QED) is 0.781. The highest BCUT2D eigenvalue weighted by Gasteiger charge is 2.19. The minimum atomic E-state index is -0.254. The summed E-state index contributed by atoms with van der Waals surface area (Å²) in [5.41, 5.74) is 1.48. The molecular formula is C18H22N4O3S2. The molecular weight excluding hydrogens is 384 g/mol. The summed E-state index contributed by atoms with van der Waals surface area (Å²) in [6, 6.07) is 9.32. The molecule has 0 aliphatic carbocycles. The van der Waals surface area contributed by atoms with E-state index in [1.54, 1.807) is 11.7 Å². The van der Waals surface area contributed by atoms with Crippen LogP contribution in [0.2, 0.25) is 0 Å². The Balaban J connectivity index is 1.68. The minimum absolute atomic E-state index is 0.162. The Morgan fingerprint density at radius 3 is 2.59 bits per heavy atom. The van der Waals surface area contributed by atoms with Crippen LogP contribution in [-0.4, -0.2) is 56.5 Å². The molecule has 2 aromatic rings. The van der Waals surface area contributed by atoms with E-state index in [4.69, 9.17) is 17.0 Å². The van der Waals surface area contributed by atoms with Gasteiger partial charge in [-0.1, -0.05) is 42.2 Å². The lowest BCUT2D eigenvalue weighted by Crippen LogP contribution is -2.39. The van der Waals surface area contributed by atoms with Crippen molar-refractivity contribution in [2.45, 2.75) is 6.92 Å². The number of carbonyl (C=O) groups excluding carboxylic acids is 1. The smallest absolute Gasteiger partial charge is 0.295 e. The van der Waals surface area contributed by atoms with E-state index in [1.165, 1.54) is 16.4 Å². The molecule has 0 saturated carbocycles. The lowest BCUT2D eigenvalue weighted by Gasteiger charge is -2.28. The molecule has 0 atom stereocenters. The molecule has 2 heterocycles. The molecule has 9 heteroatoms. The van der Waals surface area contributed by atoms with Crippen LogP contribution in [0.5, 0.6) is 0 Å². The van der Waals surface area contributed by atoms with Crippen molar-refractivity contribution >= 4 is 39.9 Å². The summed E-state index contributed by atoms with van der Waals surface area (Å²) in [5, 5.41) is 2.75. The summed E-state index contributed by atoms with van der Waals surface area (Å²) < 4.78 is 9.26. The van der Waals surface area contributed by atoms with E-state index in [0.717, 1.165) is 18.8 Å². The van der Waals surface area contributed by atoms with Crippen molar-refractivity contribution in [3.8, 4) is 5.69 Å². The number of hydrogen-bond donors (Lipinski definition) is 1. The number of nitrogens with one attached hydrogen (secondary N) is 1. The first-order valence-electron chi connectivity index (χ1n) is 8.62. The second kappa shape index (κ2) is 8.73. The molecule has 0 unspecified atom stereocenters. The van der Waals surface area contributed by atoms with Crippen molar-refractivity contribution in [3.05, 3.63) is 46.4 Å². The van der Waals surface area contributed by atoms with Crippen LogP contribution in [0.3, 0.4) is 0 Å². The Bertz CT molecular complexity index is 886. The van der Waals surface area contributed by atoms with Crippen LogP contribution in [0.15, 0.2) is 35.1 Å². The van der Waals surface area contributed by atoms with Gasteiger partial charge < -0.3 is 15.0 Å². The topological polar surface area (TPSA) is 68.5 Å². The molecule has 0 bridgehead atoms. The first kappa shape index (κ1) is 19.7. The standard InChI is InChI=1S/C18H22N4O3S2/c1-13-16(17(24)22(20(13)2)14-6-4-3-5-7-14)19-15(23)12-27-18(26)21-8-10-25-11-9-21/h3-7H,8-12H2,1-2H3,(H,19,23). The highest BCUT2D eigenvalue weighted by atomic mass is 32.2. The number of nitrogens with zero attached hydrogens (tertiary/aromatic N) is 3. The molecule has 1 aliphatic heterocycles. The Morgan fingerprint density at radius 1 is 1.26 bits per heavy atom. The summed E-state index contributed by atoms with van der Waals surface area (Å²) >= 11 is 6.68. The lowest BCUT2D eigenvalue weighted by molar-refractivity contribution is -0.113. The molecule has 0 spiro atoms. The number of morpholine rings is 1. The van der Waals surface area contributed by atoms with Gasteiger partial charge in [-0.3, -0.25) is 14.3 Å². The van der Waals surface area contributed by atoms with E-state index in [0.29, 0.717) is 28.9 Å². The zero-order chi connectivity index (χ0) is 19.4. The SMILES string of the molecule is Cc1c(NC(=O)CSC(=S)N2CCOCC2)c(=O)n(-c2ccccc2)n1C. The van der Waals surface area contributed by atoms with Gasteiger partial charge in [0.25, 0.3) is 5.56 Å². The van der Waals surface area contributed by atoms with Crippen molar-refractivity contribution < 1.29 is 9.53 Å². The molecule has 1 aromatic carbocycles. The van der Waals surface area contributed by atoms with E-state index in [9.17, 15) is 9.59 Å². The maximum absolute atomic E-state index is 12.8. The number of para-hydroxylation sites is 1. The number of aromatic nitrogens is 2. The second-order valence-corrected chi connectivity index (χ2v) is 7.75. The maximum atomic E-state index is 12.8. The number of thioether (sulfide) groups is 1. The first-order chi connectivity index (χ1) is 13.0. The molecule has 27 heavy (non-hydrogen) atoms. The first-order valence-corrected chi connectivity index (χ1v) is 10.0. The monoisotopic (exact) mass is 406 g/mol. The zero-order valence-electron chi connectivity index (χ0n) is 15.3. The third-order valence-corrected chi connectivity index (χ3v) is 5.94. The van der Waals surface area contributed by atoms with Gasteiger partial charge in [-0.15, -0.1) is 0 Å². The fourth-order valence-electron chi connectivity index (χ4n) is 2.85. The fraction of sp³-hybridized carbons (Fsp3) is 0.389. The average molecular weight is 407 g/mol. The predicted molar refractivity (Wildman–Crippen MR) is 112 cm³/mol. The van der Waals surface area contributed by atoms with E-state index in [-0.39, 0.29) is 17.2 Å². The normalized spacial score (nSPS) is 14.2. The number of ether oxygens (including phenoxy) is 1. The number of rotatable bonds is 4. The van der Waals surface area contributed by atoms with Crippen LogP contribution in [0, 0.1) is 6.92 Å². The van der Waals surface area contributed by atoms with E-state index in [1.807, 2.05) is 42.2 Å². The van der Waals surface area contributed by atoms with Crippen LogP contribution in [0.25, 0.3) is 5.69 Å². The highest BCUT2D eigenvalue weighted by Crippen LogP contribution is 2.16. The fourth-order valence-corrected chi connectivity index (χ4v) is 3.90. The van der Waals surface area contributed by atoms with Gasteiger partial charge in [0.2, 0.25) is 5.91 Å². The summed E-state index contributed by atoms with van der Waals surface area (Å²) in [6.07, 6.45) is 0. The number of carbonyl (C=O) groups is 1. The average Bonchev–Trinajstić information content (AvgIpc) is 2.90. The molecule has 144 valence electrons. The van der Waals surface area contributed by atoms with Gasteiger partial charge in [0.1, 0.15) is 10.0 Å². The minimum Gasteiger partial charge on any atom is -0.378 e. The van der Waals surface area contributed by atoms with Gasteiger partial charge >= 0.3 is 0 Å². The zero-order valence-corrected chi connectivity index (χ0v) is 16.9. The predicted octanol–water partition coefficient (Wildman–Crippen LogP) is 1.77. The number of hydrogen-bond acceptors (Lipinski definition) is 5. The number of amides is 1. The van der Waals surface area contributed by atoms with Crippen LogP contribution >= 0.6 is 24.0 Å². The van der Waals surface area contributed by atoms with Gasteiger partial charge in [0.05, 0.1) is 30.3 Å². The number of anilines is 1. The Kier molecular flexibility index (Phi) is 6.35. The van der Waals surface area contributed by atoms with Crippen molar-refractivity contribution in [1.29, 1.82) is 0 Å². The van der Waals surface area contributed by atoms with E-state index < -0.39 is 0 Å². The Labute approximate surface area is 167 Å². The summed E-state index contributed by atoms with van der Waals surface area (Å²) in [4.78, 5) is 27.2. The molecule has 0 radical (unpaired) electrons. The molecule has 1 amide bonds. The van der Waals surface area contributed by atoms with Gasteiger partial charge in [-0.05, 0) is 19.1 Å². The molecule has 7 nitrogen and oxygen atoms in total. The van der Waals surface area contributed by atoms with Crippen LogP contribution in [-0.2, 0) is 16.6 Å². The third-order valence-electron chi connectivity index (χ3n) is 4.41. The largest absolute Gasteiger partial charge is 0.378 e. The Hall–Kier alpha value is -2.10. The van der Waals surface area contributed by atoms with E-state index >= 15 is 0 Å². The Morgan fingerprint density at radius 2 is 1.93 bits per heavy atom. The number of thiocarbonyl (C=S) groups is 1.